The van der Waals surface area contributed by atoms with Gasteiger partial charge in [-0.1, -0.05) is 29.8 Å². The summed E-state index contributed by atoms with van der Waals surface area (Å²) in [7, 11) is 2.14. The van der Waals surface area contributed by atoms with Gasteiger partial charge in [0.05, 0.1) is 6.04 Å². The quantitative estimate of drug-likeness (QED) is 0.880. The average Bonchev–Trinajstić information content (AvgIpc) is 3.12. The normalized spacial score (nSPS) is 24.0. The molecule has 5 nitrogen and oxygen atoms in total. The van der Waals surface area contributed by atoms with Crippen LogP contribution in [0.3, 0.4) is 0 Å². The van der Waals surface area contributed by atoms with Gasteiger partial charge in [0.1, 0.15) is 6.10 Å². The van der Waals surface area contributed by atoms with Gasteiger partial charge in [0, 0.05) is 44.4 Å². The molecule has 0 radical (unpaired) electrons. The Morgan fingerprint density at radius 1 is 1.33 bits per heavy atom. The van der Waals surface area contributed by atoms with Crippen molar-refractivity contribution < 1.29 is 9.53 Å². The highest BCUT2D eigenvalue weighted by molar-refractivity contribution is 6.31. The van der Waals surface area contributed by atoms with Crippen molar-refractivity contribution in [3.05, 3.63) is 34.9 Å². The first kappa shape index (κ1) is 17.7. The van der Waals surface area contributed by atoms with Crippen molar-refractivity contribution in [1.29, 1.82) is 0 Å². The number of rotatable bonds is 5. The van der Waals surface area contributed by atoms with E-state index in [1.165, 1.54) is 0 Å². The molecule has 3 rings (SSSR count). The summed E-state index contributed by atoms with van der Waals surface area (Å²) in [6, 6.07) is 8.02. The minimum absolute atomic E-state index is 0.00122. The summed E-state index contributed by atoms with van der Waals surface area (Å²) in [4.78, 5) is 17.0. The lowest BCUT2D eigenvalue weighted by Gasteiger charge is -2.38. The van der Waals surface area contributed by atoms with Crippen molar-refractivity contribution in [2.24, 2.45) is 0 Å². The molecule has 2 atom stereocenters. The molecule has 6 heteroatoms. The molecule has 0 aliphatic carbocycles. The van der Waals surface area contributed by atoms with Crippen molar-refractivity contribution in [3.63, 3.8) is 0 Å². The van der Waals surface area contributed by atoms with Gasteiger partial charge in [-0.3, -0.25) is 9.69 Å². The van der Waals surface area contributed by atoms with Gasteiger partial charge in [0.2, 0.25) is 5.91 Å². The molecule has 0 bridgehead atoms. The minimum atomic E-state index is -0.288. The molecular formula is C18H26ClN3O2. The third kappa shape index (κ3) is 4.28. The number of halogens is 1. The maximum absolute atomic E-state index is 12.3. The molecule has 1 aromatic rings. The summed E-state index contributed by atoms with van der Waals surface area (Å²) in [5.41, 5.74) is 1.08. The Balaban J connectivity index is 1.69. The second kappa shape index (κ2) is 8.30. The van der Waals surface area contributed by atoms with Gasteiger partial charge < -0.3 is 15.0 Å². The van der Waals surface area contributed by atoms with E-state index < -0.39 is 0 Å². The van der Waals surface area contributed by atoms with Gasteiger partial charge in [0.25, 0.3) is 0 Å². The number of amides is 1. The summed E-state index contributed by atoms with van der Waals surface area (Å²) in [6.07, 6.45) is 1.49. The number of nitrogens with zero attached hydrogens (tertiary/aromatic N) is 2. The number of nitrogens with one attached hydrogen (secondary N) is 1. The van der Waals surface area contributed by atoms with Crippen LogP contribution in [0.15, 0.2) is 24.3 Å². The number of carbonyl (C=O) groups is 1. The molecule has 2 heterocycles. The van der Waals surface area contributed by atoms with Crippen molar-refractivity contribution in [2.45, 2.75) is 25.0 Å². The zero-order chi connectivity index (χ0) is 16.9. The van der Waals surface area contributed by atoms with Crippen LogP contribution in [0.4, 0.5) is 0 Å². The molecule has 2 fully saturated rings. The highest BCUT2D eigenvalue weighted by atomic mass is 35.5. The van der Waals surface area contributed by atoms with E-state index in [1.54, 1.807) is 0 Å². The van der Waals surface area contributed by atoms with E-state index in [4.69, 9.17) is 16.3 Å². The molecular weight excluding hydrogens is 326 g/mol. The molecule has 2 aliphatic heterocycles. The number of benzene rings is 1. The van der Waals surface area contributed by atoms with Gasteiger partial charge in [-0.05, 0) is 31.5 Å². The number of carbonyl (C=O) groups excluding carboxylic acids is 1. The first-order chi connectivity index (χ1) is 11.6. The number of ether oxygens (including phenoxy) is 1. The van der Waals surface area contributed by atoms with Crippen LogP contribution < -0.4 is 5.32 Å². The Kier molecular flexibility index (Phi) is 6.11. The Morgan fingerprint density at radius 2 is 2.08 bits per heavy atom. The number of piperazine rings is 1. The van der Waals surface area contributed by atoms with Crippen LogP contribution in [0.2, 0.25) is 5.02 Å². The van der Waals surface area contributed by atoms with E-state index >= 15 is 0 Å². The predicted molar refractivity (Wildman–Crippen MR) is 95.2 cm³/mol. The van der Waals surface area contributed by atoms with E-state index in [2.05, 4.69) is 28.2 Å². The fraction of sp³-hybridized carbons (Fsp3) is 0.611. The van der Waals surface area contributed by atoms with Crippen LogP contribution in [0.1, 0.15) is 24.4 Å². The summed E-state index contributed by atoms with van der Waals surface area (Å²) < 4.78 is 5.48. The number of hydrogen-bond acceptors (Lipinski definition) is 4. The van der Waals surface area contributed by atoms with Gasteiger partial charge in [-0.25, -0.2) is 0 Å². The Hall–Kier alpha value is -1.14. The molecule has 132 valence electrons. The molecule has 24 heavy (non-hydrogen) atoms. The first-order valence-electron chi connectivity index (χ1n) is 8.71. The summed E-state index contributed by atoms with van der Waals surface area (Å²) >= 11 is 6.43. The average molecular weight is 352 g/mol. The summed E-state index contributed by atoms with van der Waals surface area (Å²) in [5, 5.41) is 3.84. The topological polar surface area (TPSA) is 44.8 Å². The maximum Gasteiger partial charge on any atom is 0.249 e. The molecule has 1 amide bonds. The first-order valence-corrected chi connectivity index (χ1v) is 9.09. The van der Waals surface area contributed by atoms with E-state index in [1.807, 2.05) is 18.2 Å². The summed E-state index contributed by atoms with van der Waals surface area (Å²) in [6.45, 7) is 5.25. The molecule has 2 unspecified atom stereocenters. The van der Waals surface area contributed by atoms with Crippen LogP contribution in [0, 0.1) is 0 Å². The molecule has 1 N–H and O–H groups in total. The highest BCUT2D eigenvalue weighted by Crippen LogP contribution is 2.28. The zero-order valence-corrected chi connectivity index (χ0v) is 15.0. The van der Waals surface area contributed by atoms with Crippen LogP contribution in [0.25, 0.3) is 0 Å². The fourth-order valence-corrected chi connectivity index (χ4v) is 3.67. The van der Waals surface area contributed by atoms with Crippen LogP contribution in [-0.2, 0) is 9.53 Å². The second-order valence-electron chi connectivity index (χ2n) is 6.62. The SMILES string of the molecule is CN1CCN(C(CNC(=O)C2CCCO2)c2ccccc2Cl)CC1. The van der Waals surface area contributed by atoms with E-state index in [0.717, 1.165) is 49.6 Å². The van der Waals surface area contributed by atoms with Gasteiger partial charge in [-0.2, -0.15) is 0 Å². The summed E-state index contributed by atoms with van der Waals surface area (Å²) in [5.74, 6) is -0.00122. The van der Waals surface area contributed by atoms with Crippen LogP contribution in [0.5, 0.6) is 0 Å². The van der Waals surface area contributed by atoms with E-state index in [9.17, 15) is 4.79 Å². The highest BCUT2D eigenvalue weighted by Gasteiger charge is 2.28. The van der Waals surface area contributed by atoms with Crippen molar-refractivity contribution in [3.8, 4) is 0 Å². The third-order valence-corrected chi connectivity index (χ3v) is 5.28. The number of hydrogen-bond donors (Lipinski definition) is 1. The Bertz CT molecular complexity index is 555. The molecule has 0 saturated carbocycles. The molecule has 0 aromatic heterocycles. The second-order valence-corrected chi connectivity index (χ2v) is 7.03. The lowest BCUT2D eigenvalue weighted by molar-refractivity contribution is -0.130. The molecule has 2 saturated heterocycles. The standard InChI is InChI=1S/C18H26ClN3O2/c1-21-8-10-22(11-9-21)16(14-5-2-3-6-15(14)19)13-20-18(23)17-7-4-12-24-17/h2-3,5-6,16-17H,4,7-13H2,1H3,(H,20,23). The Morgan fingerprint density at radius 3 is 2.75 bits per heavy atom. The van der Waals surface area contributed by atoms with E-state index in [-0.39, 0.29) is 18.1 Å². The number of likely N-dealkylation sites (N-methyl/N-ethyl adjacent to an activating group) is 1. The predicted octanol–water partition coefficient (Wildman–Crippen LogP) is 1.92. The third-order valence-electron chi connectivity index (χ3n) is 4.93. The van der Waals surface area contributed by atoms with Gasteiger partial charge in [-0.15, -0.1) is 0 Å². The largest absolute Gasteiger partial charge is 0.368 e. The van der Waals surface area contributed by atoms with Gasteiger partial charge in [0.15, 0.2) is 0 Å². The fourth-order valence-electron chi connectivity index (χ4n) is 3.41. The minimum Gasteiger partial charge on any atom is -0.368 e. The van der Waals surface area contributed by atoms with Crippen LogP contribution >= 0.6 is 11.6 Å². The van der Waals surface area contributed by atoms with Crippen molar-refractivity contribution in [1.82, 2.24) is 15.1 Å². The monoisotopic (exact) mass is 351 g/mol. The maximum atomic E-state index is 12.3. The zero-order valence-electron chi connectivity index (χ0n) is 14.2. The van der Waals surface area contributed by atoms with E-state index in [0.29, 0.717) is 13.2 Å². The van der Waals surface area contributed by atoms with Crippen molar-refractivity contribution >= 4 is 17.5 Å². The molecule has 1 aromatic carbocycles. The van der Waals surface area contributed by atoms with Crippen molar-refractivity contribution in [2.75, 3.05) is 46.4 Å². The lowest BCUT2D eigenvalue weighted by atomic mass is 10.0. The molecule has 2 aliphatic rings. The lowest BCUT2D eigenvalue weighted by Crippen LogP contribution is -2.49. The van der Waals surface area contributed by atoms with Gasteiger partial charge >= 0.3 is 0 Å². The smallest absolute Gasteiger partial charge is 0.249 e. The Labute approximate surface area is 148 Å². The molecule has 0 spiro atoms. The van der Waals surface area contributed by atoms with Crippen LogP contribution in [-0.4, -0.2) is 68.2 Å².